The number of hydrogen-bond donors (Lipinski definition) is 2. The highest BCUT2D eigenvalue weighted by Gasteiger charge is 2.19. The van der Waals surface area contributed by atoms with Crippen LogP contribution in [0.15, 0.2) is 0 Å². The van der Waals surface area contributed by atoms with E-state index in [4.69, 9.17) is 11.5 Å². The maximum Gasteiger partial charge on any atom is 0.307 e. The Kier molecular flexibility index (Phi) is 5.17. The van der Waals surface area contributed by atoms with Crippen LogP contribution >= 0.6 is 0 Å². The van der Waals surface area contributed by atoms with Crippen LogP contribution in [0.3, 0.4) is 0 Å². The van der Waals surface area contributed by atoms with Crippen LogP contribution in [-0.4, -0.2) is 23.2 Å². The van der Waals surface area contributed by atoms with Crippen LogP contribution in [0.5, 0.6) is 0 Å². The Hall–Kier alpha value is -1.01. The molecule has 2 N–H and O–H groups in total. The Morgan fingerprint density at radius 1 is 1.54 bits per heavy atom. The average molecular weight is 183 g/mol. The molecule has 0 radical (unpaired) electrons. The monoisotopic (exact) mass is 183 g/mol. The van der Waals surface area contributed by atoms with Crippen molar-refractivity contribution < 1.29 is 9.90 Å². The minimum Gasteiger partial charge on any atom is -0.481 e. The van der Waals surface area contributed by atoms with Gasteiger partial charge in [0, 0.05) is 18.5 Å². The molecule has 0 aliphatic rings. The molecule has 0 saturated carbocycles. The molecular weight excluding hydrogens is 166 g/mol. The number of carboxylic acid groups (broad SMARTS) is 1. The fourth-order valence-corrected chi connectivity index (χ4v) is 1.04. The molecular formula is C10H17NO2. The molecule has 0 rings (SSSR count). The first-order valence-corrected chi connectivity index (χ1v) is 4.41. The van der Waals surface area contributed by atoms with E-state index in [1.165, 1.54) is 0 Å². The molecule has 0 amide bonds. The van der Waals surface area contributed by atoms with Gasteiger partial charge in [0.2, 0.25) is 0 Å². The Balaban J connectivity index is 3.93. The van der Waals surface area contributed by atoms with Gasteiger partial charge in [0.25, 0.3) is 0 Å². The van der Waals surface area contributed by atoms with Crippen LogP contribution in [0, 0.1) is 18.3 Å². The van der Waals surface area contributed by atoms with E-state index < -0.39 is 5.97 Å². The summed E-state index contributed by atoms with van der Waals surface area (Å²) >= 11 is 0. The molecule has 3 unspecified atom stereocenters. The van der Waals surface area contributed by atoms with E-state index in [1.54, 1.807) is 6.92 Å². The van der Waals surface area contributed by atoms with Crippen LogP contribution in [0.4, 0.5) is 0 Å². The lowest BCUT2D eigenvalue weighted by molar-refractivity contribution is -0.142. The maximum atomic E-state index is 10.6. The topological polar surface area (TPSA) is 49.3 Å². The third-order valence-electron chi connectivity index (χ3n) is 2.11. The second kappa shape index (κ2) is 5.60. The molecule has 3 heteroatoms. The number of hydrogen-bond acceptors (Lipinski definition) is 2. The van der Waals surface area contributed by atoms with Crippen molar-refractivity contribution in [3.05, 3.63) is 0 Å². The number of aliphatic carboxylic acids is 1. The fraction of sp³-hybridized carbons (Fsp3) is 0.700. The number of nitrogens with one attached hydrogen (secondary N) is 1. The molecule has 3 nitrogen and oxygen atoms in total. The summed E-state index contributed by atoms with van der Waals surface area (Å²) in [5.41, 5.74) is 0. The summed E-state index contributed by atoms with van der Waals surface area (Å²) in [5, 5.41) is 11.9. The number of rotatable bonds is 5. The van der Waals surface area contributed by atoms with Gasteiger partial charge in [0.1, 0.15) is 0 Å². The lowest BCUT2D eigenvalue weighted by Crippen LogP contribution is -2.41. The number of carboxylic acids is 1. The summed E-state index contributed by atoms with van der Waals surface area (Å²) in [6.45, 7) is 5.49. The molecule has 0 aliphatic heterocycles. The van der Waals surface area contributed by atoms with Crippen molar-refractivity contribution in [1.29, 1.82) is 0 Å². The van der Waals surface area contributed by atoms with Crippen LogP contribution in [0.1, 0.15) is 27.2 Å². The SMILES string of the molecule is C#CCC(C)NC(C)C(C)C(=O)O. The van der Waals surface area contributed by atoms with Gasteiger partial charge in [0.15, 0.2) is 0 Å². The summed E-state index contributed by atoms with van der Waals surface area (Å²) in [4.78, 5) is 10.6. The van der Waals surface area contributed by atoms with Crippen molar-refractivity contribution in [1.82, 2.24) is 5.32 Å². The van der Waals surface area contributed by atoms with E-state index in [-0.39, 0.29) is 18.0 Å². The zero-order chi connectivity index (χ0) is 10.4. The molecule has 0 aromatic carbocycles. The van der Waals surface area contributed by atoms with E-state index >= 15 is 0 Å². The van der Waals surface area contributed by atoms with Gasteiger partial charge >= 0.3 is 5.97 Å². The standard InChI is InChI=1S/C10H17NO2/c1-5-6-7(2)11-9(4)8(3)10(12)13/h1,7-9,11H,6H2,2-4H3,(H,12,13). The molecule has 0 bridgehead atoms. The van der Waals surface area contributed by atoms with E-state index in [0.29, 0.717) is 6.42 Å². The van der Waals surface area contributed by atoms with Crippen LogP contribution in [0.2, 0.25) is 0 Å². The number of carbonyl (C=O) groups is 1. The van der Waals surface area contributed by atoms with E-state index in [0.717, 1.165) is 0 Å². The van der Waals surface area contributed by atoms with Crippen molar-refractivity contribution in [2.45, 2.75) is 39.3 Å². The minimum absolute atomic E-state index is 0.0548. The molecule has 0 aromatic rings. The van der Waals surface area contributed by atoms with Crippen LogP contribution in [0.25, 0.3) is 0 Å². The molecule has 0 aliphatic carbocycles. The van der Waals surface area contributed by atoms with Gasteiger partial charge < -0.3 is 10.4 Å². The molecule has 74 valence electrons. The minimum atomic E-state index is -0.784. The van der Waals surface area contributed by atoms with Gasteiger partial charge in [-0.3, -0.25) is 4.79 Å². The normalized spacial score (nSPS) is 17.1. The molecule has 0 aromatic heterocycles. The maximum absolute atomic E-state index is 10.6. The highest BCUT2D eigenvalue weighted by atomic mass is 16.4. The Labute approximate surface area is 79.5 Å². The third-order valence-corrected chi connectivity index (χ3v) is 2.11. The molecule has 0 fully saturated rings. The Morgan fingerprint density at radius 2 is 2.08 bits per heavy atom. The first kappa shape index (κ1) is 12.0. The van der Waals surface area contributed by atoms with E-state index in [9.17, 15) is 4.79 Å². The lowest BCUT2D eigenvalue weighted by atomic mass is 10.0. The molecule has 0 heterocycles. The van der Waals surface area contributed by atoms with E-state index in [2.05, 4.69) is 11.2 Å². The molecule has 0 saturated heterocycles. The number of terminal acetylenes is 1. The van der Waals surface area contributed by atoms with Crippen molar-refractivity contribution in [2.24, 2.45) is 5.92 Å². The zero-order valence-corrected chi connectivity index (χ0v) is 8.37. The highest BCUT2D eigenvalue weighted by Crippen LogP contribution is 2.04. The molecule has 0 spiro atoms. The van der Waals surface area contributed by atoms with Crippen molar-refractivity contribution >= 4 is 5.97 Å². The summed E-state index contributed by atoms with van der Waals surface area (Å²) in [6, 6.07) is 0.114. The van der Waals surface area contributed by atoms with Gasteiger partial charge in [-0.05, 0) is 13.8 Å². The van der Waals surface area contributed by atoms with Crippen LogP contribution < -0.4 is 5.32 Å². The lowest BCUT2D eigenvalue weighted by Gasteiger charge is -2.21. The first-order valence-electron chi connectivity index (χ1n) is 4.41. The van der Waals surface area contributed by atoms with Gasteiger partial charge in [-0.2, -0.15) is 0 Å². The third kappa shape index (κ3) is 4.54. The predicted octanol–water partition coefficient (Wildman–Crippen LogP) is 1.10. The second-order valence-electron chi connectivity index (χ2n) is 3.39. The summed E-state index contributed by atoms with van der Waals surface area (Å²) in [7, 11) is 0. The summed E-state index contributed by atoms with van der Waals surface area (Å²) < 4.78 is 0. The summed E-state index contributed by atoms with van der Waals surface area (Å²) in [6.07, 6.45) is 5.76. The smallest absolute Gasteiger partial charge is 0.307 e. The zero-order valence-electron chi connectivity index (χ0n) is 8.37. The summed E-state index contributed by atoms with van der Waals surface area (Å²) in [5.74, 6) is 1.36. The molecule has 3 atom stereocenters. The highest BCUT2D eigenvalue weighted by molar-refractivity contribution is 5.70. The van der Waals surface area contributed by atoms with Crippen molar-refractivity contribution in [3.63, 3.8) is 0 Å². The van der Waals surface area contributed by atoms with Gasteiger partial charge in [-0.15, -0.1) is 12.3 Å². The van der Waals surface area contributed by atoms with Crippen molar-refractivity contribution in [2.75, 3.05) is 0 Å². The van der Waals surface area contributed by atoms with Gasteiger partial charge in [-0.25, -0.2) is 0 Å². The molecule has 13 heavy (non-hydrogen) atoms. The largest absolute Gasteiger partial charge is 0.481 e. The van der Waals surface area contributed by atoms with Crippen molar-refractivity contribution in [3.8, 4) is 12.3 Å². The fourth-order valence-electron chi connectivity index (χ4n) is 1.04. The Morgan fingerprint density at radius 3 is 2.46 bits per heavy atom. The van der Waals surface area contributed by atoms with E-state index in [1.807, 2.05) is 13.8 Å². The Bertz CT molecular complexity index is 207. The first-order chi connectivity index (χ1) is 5.99. The van der Waals surface area contributed by atoms with Crippen LogP contribution in [-0.2, 0) is 4.79 Å². The van der Waals surface area contributed by atoms with Gasteiger partial charge in [0.05, 0.1) is 5.92 Å². The quantitative estimate of drug-likeness (QED) is 0.627. The predicted molar refractivity (Wildman–Crippen MR) is 52.3 cm³/mol. The second-order valence-corrected chi connectivity index (χ2v) is 3.39. The average Bonchev–Trinajstić information content (AvgIpc) is 2.03. The van der Waals surface area contributed by atoms with Gasteiger partial charge in [-0.1, -0.05) is 6.92 Å².